The van der Waals surface area contributed by atoms with Gasteiger partial charge in [-0.15, -0.1) is 0 Å². The van der Waals surface area contributed by atoms with E-state index in [4.69, 9.17) is 17.0 Å². The standard InChI is InChI=1S/C20H16N2O3S2/c23-18-12-25-16-7-6-14(11-17-19(24)21-20(26)27-17)10-15(16)22(18)9-8-13-4-2-1-3-5-13/h1-7,10-11H,8-9,12H2,(H,21,24,26)/b17-11+. The van der Waals surface area contributed by atoms with E-state index in [1.807, 2.05) is 48.5 Å². The van der Waals surface area contributed by atoms with Crippen LogP contribution in [0.2, 0.25) is 0 Å². The molecule has 0 aliphatic carbocycles. The van der Waals surface area contributed by atoms with Crippen LogP contribution in [0.25, 0.3) is 6.08 Å². The van der Waals surface area contributed by atoms with Crippen LogP contribution in [0.4, 0.5) is 5.69 Å². The van der Waals surface area contributed by atoms with Gasteiger partial charge in [-0.1, -0.05) is 60.4 Å². The largest absolute Gasteiger partial charge is 0.482 e. The number of carbonyl (C=O) groups is 2. The number of thiocarbonyl (C=S) groups is 1. The predicted octanol–water partition coefficient (Wildman–Crippen LogP) is 3.14. The average Bonchev–Trinajstić information content (AvgIpc) is 2.98. The fraction of sp³-hybridized carbons (Fsp3) is 0.150. The summed E-state index contributed by atoms with van der Waals surface area (Å²) in [6.07, 6.45) is 2.53. The first-order valence-electron chi connectivity index (χ1n) is 8.46. The van der Waals surface area contributed by atoms with E-state index in [0.717, 1.165) is 17.7 Å². The Balaban J connectivity index is 1.60. The van der Waals surface area contributed by atoms with Gasteiger partial charge in [0.15, 0.2) is 6.61 Å². The number of nitrogens with zero attached hydrogens (tertiary/aromatic N) is 1. The summed E-state index contributed by atoms with van der Waals surface area (Å²) < 4.78 is 6.02. The Morgan fingerprint density at radius 1 is 1.19 bits per heavy atom. The molecule has 0 bridgehead atoms. The Bertz CT molecular complexity index is 957. The lowest BCUT2D eigenvalue weighted by molar-refractivity contribution is -0.121. The number of fused-ring (bicyclic) bond motifs is 1. The minimum absolute atomic E-state index is 0.0365. The minimum Gasteiger partial charge on any atom is -0.482 e. The summed E-state index contributed by atoms with van der Waals surface area (Å²) in [6, 6.07) is 15.6. The Morgan fingerprint density at radius 2 is 2.00 bits per heavy atom. The molecule has 1 saturated heterocycles. The molecule has 0 aromatic heterocycles. The van der Waals surface area contributed by atoms with Crippen molar-refractivity contribution in [2.45, 2.75) is 6.42 Å². The van der Waals surface area contributed by atoms with Gasteiger partial charge in [-0.2, -0.15) is 0 Å². The predicted molar refractivity (Wildman–Crippen MR) is 111 cm³/mol. The summed E-state index contributed by atoms with van der Waals surface area (Å²) in [6.45, 7) is 0.604. The summed E-state index contributed by atoms with van der Waals surface area (Å²) >= 11 is 6.25. The molecule has 4 rings (SSSR count). The van der Waals surface area contributed by atoms with Crippen LogP contribution in [0, 0.1) is 0 Å². The number of hydrogen-bond donors (Lipinski definition) is 1. The highest BCUT2D eigenvalue weighted by molar-refractivity contribution is 8.26. The van der Waals surface area contributed by atoms with E-state index in [9.17, 15) is 9.59 Å². The van der Waals surface area contributed by atoms with Crippen molar-refractivity contribution in [2.24, 2.45) is 0 Å². The number of nitrogens with one attached hydrogen (secondary N) is 1. The minimum atomic E-state index is -0.198. The second kappa shape index (κ2) is 7.54. The molecule has 1 N–H and O–H groups in total. The number of carbonyl (C=O) groups excluding carboxylic acids is 2. The summed E-state index contributed by atoms with van der Waals surface area (Å²) in [4.78, 5) is 26.6. The second-order valence-electron chi connectivity index (χ2n) is 6.15. The van der Waals surface area contributed by atoms with E-state index in [2.05, 4.69) is 5.32 Å². The van der Waals surface area contributed by atoms with E-state index < -0.39 is 0 Å². The van der Waals surface area contributed by atoms with Gasteiger partial charge in [-0.25, -0.2) is 0 Å². The topological polar surface area (TPSA) is 58.6 Å². The molecular formula is C20H16N2O3S2. The van der Waals surface area contributed by atoms with E-state index in [1.165, 1.54) is 17.3 Å². The first-order valence-corrected chi connectivity index (χ1v) is 9.68. The summed E-state index contributed by atoms with van der Waals surface area (Å²) in [5.74, 6) is 0.400. The molecule has 136 valence electrons. The molecule has 0 radical (unpaired) electrons. The van der Waals surface area contributed by atoms with Crippen LogP contribution >= 0.6 is 24.0 Å². The first kappa shape index (κ1) is 17.8. The number of ether oxygens (including phenoxy) is 1. The van der Waals surface area contributed by atoms with Crippen molar-refractivity contribution >= 4 is 51.9 Å². The van der Waals surface area contributed by atoms with Crippen LogP contribution in [-0.4, -0.2) is 29.3 Å². The maximum Gasteiger partial charge on any atom is 0.265 e. The summed E-state index contributed by atoms with van der Waals surface area (Å²) in [5, 5.41) is 2.60. The SMILES string of the molecule is O=C1NC(=S)S/C1=C/c1ccc2c(c1)N(CCc1ccccc1)C(=O)CO2. The van der Waals surface area contributed by atoms with Crippen LogP contribution < -0.4 is 15.0 Å². The highest BCUT2D eigenvalue weighted by Crippen LogP contribution is 2.35. The van der Waals surface area contributed by atoms with Gasteiger partial charge < -0.3 is 15.0 Å². The molecule has 0 saturated carbocycles. The smallest absolute Gasteiger partial charge is 0.265 e. The number of benzene rings is 2. The Morgan fingerprint density at radius 3 is 2.74 bits per heavy atom. The van der Waals surface area contributed by atoms with Gasteiger partial charge in [0, 0.05) is 6.54 Å². The molecule has 7 heteroatoms. The van der Waals surface area contributed by atoms with Crippen LogP contribution in [-0.2, 0) is 16.0 Å². The number of anilines is 1. The third-order valence-corrected chi connectivity index (χ3v) is 5.50. The monoisotopic (exact) mass is 396 g/mol. The molecule has 2 amide bonds. The Hall–Kier alpha value is -2.64. The molecular weight excluding hydrogens is 380 g/mol. The van der Waals surface area contributed by atoms with Crippen LogP contribution in [0.5, 0.6) is 5.75 Å². The molecule has 2 heterocycles. The number of hydrogen-bond acceptors (Lipinski definition) is 5. The van der Waals surface area contributed by atoms with Gasteiger partial charge in [0.05, 0.1) is 10.6 Å². The second-order valence-corrected chi connectivity index (χ2v) is 7.87. The molecule has 0 spiro atoms. The van der Waals surface area contributed by atoms with Crippen molar-refractivity contribution in [3.8, 4) is 5.75 Å². The highest BCUT2D eigenvalue weighted by Gasteiger charge is 2.26. The molecule has 2 aromatic carbocycles. The average molecular weight is 396 g/mol. The maximum absolute atomic E-state index is 12.4. The van der Waals surface area contributed by atoms with Crippen molar-refractivity contribution in [1.82, 2.24) is 5.32 Å². The van der Waals surface area contributed by atoms with Crippen molar-refractivity contribution in [3.05, 3.63) is 64.6 Å². The van der Waals surface area contributed by atoms with Gasteiger partial charge in [-0.05, 0) is 35.8 Å². The Kier molecular flexibility index (Phi) is 4.96. The summed E-state index contributed by atoms with van der Waals surface area (Å²) in [7, 11) is 0. The zero-order chi connectivity index (χ0) is 18.8. The van der Waals surface area contributed by atoms with Crippen LogP contribution in [0.15, 0.2) is 53.4 Å². The fourth-order valence-electron chi connectivity index (χ4n) is 3.01. The quantitative estimate of drug-likeness (QED) is 0.636. The van der Waals surface area contributed by atoms with Gasteiger partial charge in [0.2, 0.25) is 0 Å². The van der Waals surface area contributed by atoms with Crippen LogP contribution in [0.1, 0.15) is 11.1 Å². The molecule has 1 fully saturated rings. The zero-order valence-corrected chi connectivity index (χ0v) is 15.9. The number of thioether (sulfide) groups is 1. The molecule has 2 aliphatic rings. The van der Waals surface area contributed by atoms with Gasteiger partial charge in [0.1, 0.15) is 10.1 Å². The number of rotatable bonds is 4. The summed E-state index contributed by atoms with van der Waals surface area (Å²) in [5.41, 5.74) is 2.71. The van der Waals surface area contributed by atoms with E-state index in [-0.39, 0.29) is 18.4 Å². The molecule has 0 unspecified atom stereocenters. The molecule has 0 atom stereocenters. The lowest BCUT2D eigenvalue weighted by Crippen LogP contribution is -2.40. The van der Waals surface area contributed by atoms with Crippen molar-refractivity contribution < 1.29 is 14.3 Å². The third kappa shape index (κ3) is 3.89. The lowest BCUT2D eigenvalue weighted by atomic mass is 10.1. The van der Waals surface area contributed by atoms with E-state index in [1.54, 1.807) is 11.0 Å². The molecule has 2 aromatic rings. The first-order chi connectivity index (χ1) is 13.1. The highest BCUT2D eigenvalue weighted by atomic mass is 32.2. The lowest BCUT2D eigenvalue weighted by Gasteiger charge is -2.29. The van der Waals surface area contributed by atoms with Gasteiger partial charge in [0.25, 0.3) is 11.8 Å². The fourth-order valence-corrected chi connectivity index (χ4v) is 4.06. The third-order valence-electron chi connectivity index (χ3n) is 4.33. The van der Waals surface area contributed by atoms with Crippen molar-refractivity contribution in [3.63, 3.8) is 0 Å². The number of amides is 2. The normalized spacial score (nSPS) is 17.7. The zero-order valence-electron chi connectivity index (χ0n) is 14.3. The van der Waals surface area contributed by atoms with E-state index in [0.29, 0.717) is 21.5 Å². The van der Waals surface area contributed by atoms with Gasteiger partial charge >= 0.3 is 0 Å². The van der Waals surface area contributed by atoms with E-state index >= 15 is 0 Å². The van der Waals surface area contributed by atoms with Crippen molar-refractivity contribution in [1.29, 1.82) is 0 Å². The Labute approximate surface area is 166 Å². The van der Waals surface area contributed by atoms with Crippen molar-refractivity contribution in [2.75, 3.05) is 18.1 Å². The molecule has 27 heavy (non-hydrogen) atoms. The molecule has 5 nitrogen and oxygen atoms in total. The van der Waals surface area contributed by atoms with Gasteiger partial charge in [-0.3, -0.25) is 9.59 Å². The molecule has 2 aliphatic heterocycles. The maximum atomic E-state index is 12.4. The van der Waals surface area contributed by atoms with Crippen LogP contribution in [0.3, 0.4) is 0 Å².